The van der Waals surface area contributed by atoms with Crippen LogP contribution >= 0.6 is 0 Å². The van der Waals surface area contributed by atoms with Gasteiger partial charge in [-0.2, -0.15) is 0 Å². The maximum Gasteiger partial charge on any atom is 0.0363 e. The zero-order valence-electron chi connectivity index (χ0n) is 17.4. The fourth-order valence-electron chi connectivity index (χ4n) is 7.76. The summed E-state index contributed by atoms with van der Waals surface area (Å²) in [5, 5.41) is 0. The van der Waals surface area contributed by atoms with E-state index in [1.165, 1.54) is 76.3 Å². The Balaban J connectivity index is 1.40. The molecule has 5 rings (SSSR count). The average molecular weight is 364 g/mol. The first-order valence-corrected chi connectivity index (χ1v) is 11.6. The smallest absolute Gasteiger partial charge is 0.0363 e. The van der Waals surface area contributed by atoms with E-state index in [9.17, 15) is 0 Å². The van der Waals surface area contributed by atoms with Gasteiger partial charge < -0.3 is 4.90 Å². The lowest BCUT2D eigenvalue weighted by molar-refractivity contribution is -0.0115. The third-order valence-electron chi connectivity index (χ3n) is 8.89. The van der Waals surface area contributed by atoms with Crippen LogP contribution in [0, 0.1) is 29.1 Å². The van der Waals surface area contributed by atoms with Crippen LogP contribution in [0.3, 0.4) is 0 Å². The molecule has 3 fully saturated rings. The second-order valence-corrected chi connectivity index (χ2v) is 10.3. The maximum atomic E-state index is 2.63. The van der Waals surface area contributed by atoms with Gasteiger partial charge in [-0.3, -0.25) is 0 Å². The van der Waals surface area contributed by atoms with E-state index in [0.717, 1.165) is 23.7 Å². The van der Waals surface area contributed by atoms with Crippen LogP contribution in [-0.2, 0) is 6.42 Å². The Morgan fingerprint density at radius 2 is 1.93 bits per heavy atom. The van der Waals surface area contributed by atoms with Crippen molar-refractivity contribution in [1.29, 1.82) is 0 Å². The van der Waals surface area contributed by atoms with E-state index in [2.05, 4.69) is 49.3 Å². The lowest BCUT2D eigenvalue weighted by Crippen LogP contribution is -2.46. The van der Waals surface area contributed by atoms with E-state index >= 15 is 0 Å². The van der Waals surface area contributed by atoms with E-state index in [1.807, 2.05) is 5.57 Å². The lowest BCUT2D eigenvalue weighted by Gasteiger charge is -2.54. The predicted molar refractivity (Wildman–Crippen MR) is 115 cm³/mol. The molecule has 0 bridgehead atoms. The summed E-state index contributed by atoms with van der Waals surface area (Å²) in [7, 11) is 4.33. The molecule has 0 aliphatic heterocycles. The molecule has 0 heterocycles. The average Bonchev–Trinajstić information content (AvgIpc) is 3.11. The fraction of sp³-hybridized carbons (Fsp3) is 0.692. The Hall–Kier alpha value is -1.24. The molecule has 0 aromatic heterocycles. The zero-order chi connectivity index (χ0) is 18.4. The summed E-state index contributed by atoms with van der Waals surface area (Å²) in [6.45, 7) is 0. The summed E-state index contributed by atoms with van der Waals surface area (Å²) in [5.41, 5.74) is 5.43. The molecule has 0 saturated heterocycles. The molecule has 4 aliphatic carbocycles. The number of hydrogen-bond donors (Lipinski definition) is 0. The van der Waals surface area contributed by atoms with Crippen molar-refractivity contribution in [3.05, 3.63) is 41.5 Å². The van der Waals surface area contributed by atoms with Crippen LogP contribution in [0.1, 0.15) is 69.8 Å². The molecule has 1 nitrogen and oxygen atoms in total. The van der Waals surface area contributed by atoms with Gasteiger partial charge in [0.25, 0.3) is 0 Å². The van der Waals surface area contributed by atoms with Crippen molar-refractivity contribution < 1.29 is 0 Å². The molecule has 3 saturated carbocycles. The monoisotopic (exact) mass is 363 g/mol. The van der Waals surface area contributed by atoms with Crippen molar-refractivity contribution in [1.82, 2.24) is 0 Å². The molecule has 5 atom stereocenters. The highest BCUT2D eigenvalue weighted by Crippen LogP contribution is 2.63. The van der Waals surface area contributed by atoms with Gasteiger partial charge >= 0.3 is 0 Å². The Morgan fingerprint density at radius 1 is 1.00 bits per heavy atom. The Bertz CT molecular complexity index is 717. The van der Waals surface area contributed by atoms with Gasteiger partial charge in [0.15, 0.2) is 0 Å². The third kappa shape index (κ3) is 3.06. The van der Waals surface area contributed by atoms with Gasteiger partial charge in [-0.1, -0.05) is 30.2 Å². The minimum absolute atomic E-state index is 0.613. The lowest BCUT2D eigenvalue weighted by atomic mass is 9.51. The minimum atomic E-state index is 0.613. The number of rotatable bonds is 3. The summed E-state index contributed by atoms with van der Waals surface area (Å²) in [4.78, 5) is 2.25. The highest BCUT2D eigenvalue weighted by atomic mass is 15.1. The van der Waals surface area contributed by atoms with E-state index in [1.54, 1.807) is 5.56 Å². The SMILES string of the molecule is CN(C)c1cccc(C[C@@]23CCC[C@H]2[C@@H]2CCC4=CCCC[C@@H]4[C@H]2CC3)c1. The fourth-order valence-corrected chi connectivity index (χ4v) is 7.76. The number of hydrogen-bond acceptors (Lipinski definition) is 1. The van der Waals surface area contributed by atoms with E-state index < -0.39 is 0 Å². The topological polar surface area (TPSA) is 3.24 Å². The molecule has 0 spiro atoms. The number of nitrogens with zero attached hydrogens (tertiary/aromatic N) is 1. The third-order valence-corrected chi connectivity index (χ3v) is 8.89. The Morgan fingerprint density at radius 3 is 2.81 bits per heavy atom. The summed E-state index contributed by atoms with van der Waals surface area (Å²) in [6.07, 6.45) is 18.7. The van der Waals surface area contributed by atoms with Crippen LogP contribution in [0.5, 0.6) is 0 Å². The summed E-state index contributed by atoms with van der Waals surface area (Å²) in [6, 6.07) is 9.38. The summed E-state index contributed by atoms with van der Waals surface area (Å²) < 4.78 is 0. The van der Waals surface area contributed by atoms with Crippen LogP contribution < -0.4 is 4.90 Å². The molecule has 0 unspecified atom stereocenters. The van der Waals surface area contributed by atoms with E-state index in [0.29, 0.717) is 5.41 Å². The molecule has 4 aliphatic rings. The van der Waals surface area contributed by atoms with Crippen molar-refractivity contribution in [3.63, 3.8) is 0 Å². The molecule has 27 heavy (non-hydrogen) atoms. The highest BCUT2D eigenvalue weighted by Gasteiger charge is 2.53. The van der Waals surface area contributed by atoms with Gasteiger partial charge in [-0.15, -0.1) is 0 Å². The normalized spacial score (nSPS) is 37.8. The standard InChI is InChI=1S/C26H37N/c1-27(2)21-9-5-7-19(17-21)18-26-15-6-11-25(26)24-13-12-20-8-3-4-10-22(20)23(24)14-16-26/h5,7-9,17,22-25H,3-4,6,10-16,18H2,1-2H3/t22-,23+,24+,25-,26-/m0/s1. The Kier molecular flexibility index (Phi) is 4.61. The maximum absolute atomic E-state index is 2.63. The number of fused-ring (bicyclic) bond motifs is 5. The van der Waals surface area contributed by atoms with Gasteiger partial charge in [0.2, 0.25) is 0 Å². The Labute approximate surface area is 166 Å². The number of allylic oxidation sites excluding steroid dienone is 2. The first kappa shape index (κ1) is 17.8. The first-order valence-electron chi connectivity index (χ1n) is 11.6. The summed E-state index contributed by atoms with van der Waals surface area (Å²) in [5.74, 6) is 4.02. The van der Waals surface area contributed by atoms with Gasteiger partial charge in [0, 0.05) is 19.8 Å². The van der Waals surface area contributed by atoms with Crippen LogP contribution in [0.15, 0.2) is 35.9 Å². The molecule has 1 aromatic rings. The van der Waals surface area contributed by atoms with Crippen molar-refractivity contribution in [2.24, 2.45) is 29.1 Å². The first-order chi connectivity index (χ1) is 13.2. The van der Waals surface area contributed by atoms with Crippen molar-refractivity contribution in [2.75, 3.05) is 19.0 Å². The number of anilines is 1. The van der Waals surface area contributed by atoms with Gasteiger partial charge in [0.05, 0.1) is 0 Å². The van der Waals surface area contributed by atoms with E-state index in [-0.39, 0.29) is 0 Å². The quantitative estimate of drug-likeness (QED) is 0.545. The molecule has 0 radical (unpaired) electrons. The second kappa shape index (κ2) is 6.98. The second-order valence-electron chi connectivity index (χ2n) is 10.3. The van der Waals surface area contributed by atoms with Crippen LogP contribution in [0.2, 0.25) is 0 Å². The van der Waals surface area contributed by atoms with Gasteiger partial charge in [0.1, 0.15) is 0 Å². The molecular formula is C26H37N. The van der Waals surface area contributed by atoms with Crippen LogP contribution in [0.25, 0.3) is 0 Å². The molecule has 0 amide bonds. The minimum Gasteiger partial charge on any atom is -0.378 e. The van der Waals surface area contributed by atoms with Gasteiger partial charge in [-0.25, -0.2) is 0 Å². The summed E-state index contributed by atoms with van der Waals surface area (Å²) >= 11 is 0. The molecular weight excluding hydrogens is 326 g/mol. The van der Waals surface area contributed by atoms with Crippen molar-refractivity contribution in [3.8, 4) is 0 Å². The molecule has 1 heteroatoms. The van der Waals surface area contributed by atoms with Gasteiger partial charge in [-0.05, 0) is 111 Å². The van der Waals surface area contributed by atoms with Crippen molar-refractivity contribution in [2.45, 2.75) is 70.6 Å². The van der Waals surface area contributed by atoms with E-state index in [4.69, 9.17) is 0 Å². The van der Waals surface area contributed by atoms with Crippen LogP contribution in [-0.4, -0.2) is 14.1 Å². The van der Waals surface area contributed by atoms with Crippen LogP contribution in [0.4, 0.5) is 5.69 Å². The molecule has 146 valence electrons. The molecule has 0 N–H and O–H groups in total. The zero-order valence-corrected chi connectivity index (χ0v) is 17.4. The predicted octanol–water partition coefficient (Wildman–Crippen LogP) is 6.63. The number of benzene rings is 1. The van der Waals surface area contributed by atoms with Crippen molar-refractivity contribution >= 4 is 5.69 Å². The highest BCUT2D eigenvalue weighted by molar-refractivity contribution is 5.47. The largest absolute Gasteiger partial charge is 0.378 e. The molecule has 1 aromatic carbocycles.